The summed E-state index contributed by atoms with van der Waals surface area (Å²) in [6.07, 6.45) is 1.49. The van der Waals surface area contributed by atoms with Gasteiger partial charge in [0.15, 0.2) is 0 Å². The van der Waals surface area contributed by atoms with Crippen LogP contribution in [-0.2, 0) is 21.2 Å². The Hall–Kier alpha value is -2.71. The van der Waals surface area contributed by atoms with Crippen LogP contribution in [0.2, 0.25) is 5.02 Å². The Kier molecular flexibility index (Phi) is 5.53. The summed E-state index contributed by atoms with van der Waals surface area (Å²) < 4.78 is 37.9. The van der Waals surface area contributed by atoms with Crippen LogP contribution >= 0.6 is 11.6 Å². The fourth-order valence-corrected chi connectivity index (χ4v) is 4.84. The van der Waals surface area contributed by atoms with E-state index in [4.69, 9.17) is 26.2 Å². The van der Waals surface area contributed by atoms with Gasteiger partial charge in [0.1, 0.15) is 16.4 Å². The molecule has 0 fully saturated rings. The second kappa shape index (κ2) is 7.73. The van der Waals surface area contributed by atoms with Gasteiger partial charge in [0.25, 0.3) is 10.0 Å². The van der Waals surface area contributed by atoms with Crippen molar-refractivity contribution < 1.29 is 27.8 Å². The first-order valence-electron chi connectivity index (χ1n) is 8.27. The molecule has 7 nitrogen and oxygen atoms in total. The minimum absolute atomic E-state index is 0.0294. The fourth-order valence-electron chi connectivity index (χ4n) is 2.94. The maximum absolute atomic E-state index is 13.3. The van der Waals surface area contributed by atoms with Gasteiger partial charge in [0.2, 0.25) is 0 Å². The third kappa shape index (κ3) is 3.65. The number of carboxylic acids is 1. The SMILES string of the molecule is COc1ccc(S(=O)(=O)n2cc(CCC(=O)O)c3cc(OC)ccc32)c(Cl)c1. The topological polar surface area (TPSA) is 94.8 Å². The van der Waals surface area contributed by atoms with E-state index in [9.17, 15) is 13.2 Å². The van der Waals surface area contributed by atoms with Crippen LogP contribution in [-0.4, -0.2) is 37.7 Å². The van der Waals surface area contributed by atoms with Crippen molar-refractivity contribution in [1.29, 1.82) is 0 Å². The van der Waals surface area contributed by atoms with Gasteiger partial charge in [-0.15, -0.1) is 0 Å². The fraction of sp³-hybridized carbons (Fsp3) is 0.211. The van der Waals surface area contributed by atoms with Crippen LogP contribution in [0.4, 0.5) is 0 Å². The first kappa shape index (κ1) is 20.0. The van der Waals surface area contributed by atoms with E-state index in [1.165, 1.54) is 38.6 Å². The number of fused-ring (bicyclic) bond motifs is 1. The molecule has 0 amide bonds. The van der Waals surface area contributed by atoms with Crippen molar-refractivity contribution in [3.05, 3.63) is 53.2 Å². The van der Waals surface area contributed by atoms with Crippen LogP contribution in [0.3, 0.4) is 0 Å². The molecule has 1 heterocycles. The quantitative estimate of drug-likeness (QED) is 0.624. The zero-order valence-electron chi connectivity index (χ0n) is 15.2. The molecule has 0 unspecified atom stereocenters. The molecule has 9 heteroatoms. The van der Waals surface area contributed by atoms with E-state index >= 15 is 0 Å². The Bertz CT molecular complexity index is 1150. The van der Waals surface area contributed by atoms with Crippen molar-refractivity contribution in [3.63, 3.8) is 0 Å². The van der Waals surface area contributed by atoms with Gasteiger partial charge < -0.3 is 14.6 Å². The Labute approximate surface area is 167 Å². The van der Waals surface area contributed by atoms with Gasteiger partial charge in [-0.1, -0.05) is 11.6 Å². The van der Waals surface area contributed by atoms with Crippen molar-refractivity contribution in [2.45, 2.75) is 17.7 Å². The molecule has 0 atom stereocenters. The summed E-state index contributed by atoms with van der Waals surface area (Å²) in [5.41, 5.74) is 0.998. The van der Waals surface area contributed by atoms with Gasteiger partial charge in [-0.25, -0.2) is 12.4 Å². The highest BCUT2D eigenvalue weighted by Gasteiger charge is 2.24. The molecule has 0 aliphatic heterocycles. The number of carbonyl (C=O) groups is 1. The average molecular weight is 424 g/mol. The van der Waals surface area contributed by atoms with E-state index in [-0.39, 0.29) is 22.8 Å². The van der Waals surface area contributed by atoms with E-state index in [0.717, 1.165) is 3.97 Å². The van der Waals surface area contributed by atoms with Crippen molar-refractivity contribution in [2.24, 2.45) is 0 Å². The van der Waals surface area contributed by atoms with E-state index in [1.54, 1.807) is 18.2 Å². The maximum atomic E-state index is 13.3. The highest BCUT2D eigenvalue weighted by atomic mass is 35.5. The summed E-state index contributed by atoms with van der Waals surface area (Å²) >= 11 is 6.18. The molecular formula is C19H18ClNO6S. The van der Waals surface area contributed by atoms with Gasteiger partial charge in [-0.05, 0) is 42.3 Å². The molecule has 28 heavy (non-hydrogen) atoms. The molecule has 0 spiro atoms. The van der Waals surface area contributed by atoms with Crippen LogP contribution in [0, 0.1) is 0 Å². The summed E-state index contributed by atoms with van der Waals surface area (Å²) in [7, 11) is -1.05. The monoisotopic (exact) mass is 423 g/mol. The Morgan fingerprint density at radius 3 is 2.36 bits per heavy atom. The predicted molar refractivity (Wildman–Crippen MR) is 105 cm³/mol. The molecule has 0 aliphatic rings. The van der Waals surface area contributed by atoms with E-state index < -0.39 is 16.0 Å². The summed E-state index contributed by atoms with van der Waals surface area (Å²) in [5, 5.41) is 9.63. The summed E-state index contributed by atoms with van der Waals surface area (Å²) in [4.78, 5) is 10.9. The van der Waals surface area contributed by atoms with Crippen LogP contribution in [0.1, 0.15) is 12.0 Å². The van der Waals surface area contributed by atoms with Crippen molar-refractivity contribution >= 4 is 38.5 Å². The first-order chi connectivity index (χ1) is 13.3. The highest BCUT2D eigenvalue weighted by Crippen LogP contribution is 2.33. The average Bonchev–Trinajstić information content (AvgIpc) is 3.04. The minimum atomic E-state index is -4.02. The smallest absolute Gasteiger partial charge is 0.303 e. The molecule has 0 aliphatic carbocycles. The largest absolute Gasteiger partial charge is 0.497 e. The van der Waals surface area contributed by atoms with Gasteiger partial charge in [-0.3, -0.25) is 4.79 Å². The number of aliphatic carboxylic acids is 1. The van der Waals surface area contributed by atoms with Crippen LogP contribution in [0.25, 0.3) is 10.9 Å². The van der Waals surface area contributed by atoms with Gasteiger partial charge in [0, 0.05) is 24.1 Å². The standard InChI is InChI=1S/C19H18ClNO6S/c1-26-13-4-6-17-15(9-13)12(3-8-19(22)23)11-21(17)28(24,25)18-7-5-14(27-2)10-16(18)20/h4-7,9-11H,3,8H2,1-2H3,(H,22,23). The third-order valence-corrected chi connectivity index (χ3v) is 6.50. The molecule has 2 aromatic carbocycles. The molecule has 0 saturated carbocycles. The van der Waals surface area contributed by atoms with E-state index in [1.807, 2.05) is 0 Å². The summed E-state index contributed by atoms with van der Waals surface area (Å²) in [5.74, 6) is 0.0137. The molecule has 3 aromatic rings. The predicted octanol–water partition coefficient (Wildman–Crippen LogP) is 3.57. The number of rotatable bonds is 7. The Morgan fingerprint density at radius 2 is 1.75 bits per heavy atom. The van der Waals surface area contributed by atoms with Gasteiger partial charge in [0.05, 0.1) is 24.8 Å². The zero-order chi connectivity index (χ0) is 20.5. The van der Waals surface area contributed by atoms with E-state index in [0.29, 0.717) is 28.0 Å². The van der Waals surface area contributed by atoms with Crippen molar-refractivity contribution in [3.8, 4) is 11.5 Å². The van der Waals surface area contributed by atoms with Crippen molar-refractivity contribution in [2.75, 3.05) is 14.2 Å². The molecule has 1 N–H and O–H groups in total. The molecular weight excluding hydrogens is 406 g/mol. The lowest BCUT2D eigenvalue weighted by Gasteiger charge is -2.10. The number of aromatic nitrogens is 1. The summed E-state index contributed by atoms with van der Waals surface area (Å²) in [6.45, 7) is 0. The number of aryl methyl sites for hydroxylation is 1. The highest BCUT2D eigenvalue weighted by molar-refractivity contribution is 7.90. The molecule has 0 radical (unpaired) electrons. The second-order valence-corrected chi connectivity index (χ2v) is 8.22. The number of benzene rings is 2. The lowest BCUT2D eigenvalue weighted by molar-refractivity contribution is -0.136. The zero-order valence-corrected chi connectivity index (χ0v) is 16.7. The second-order valence-electron chi connectivity index (χ2n) is 6.03. The molecule has 1 aromatic heterocycles. The Balaban J connectivity index is 2.20. The van der Waals surface area contributed by atoms with Gasteiger partial charge >= 0.3 is 5.97 Å². The Morgan fingerprint density at radius 1 is 1.11 bits per heavy atom. The number of carboxylic acid groups (broad SMARTS) is 1. The number of halogens is 1. The lowest BCUT2D eigenvalue weighted by atomic mass is 10.1. The van der Waals surface area contributed by atoms with Crippen LogP contribution < -0.4 is 9.47 Å². The van der Waals surface area contributed by atoms with Crippen LogP contribution in [0.5, 0.6) is 11.5 Å². The normalized spacial score (nSPS) is 11.5. The van der Waals surface area contributed by atoms with Crippen LogP contribution in [0.15, 0.2) is 47.5 Å². The third-order valence-electron chi connectivity index (χ3n) is 4.34. The number of hydrogen-bond acceptors (Lipinski definition) is 5. The molecule has 3 rings (SSSR count). The van der Waals surface area contributed by atoms with Gasteiger partial charge in [-0.2, -0.15) is 0 Å². The molecule has 0 bridgehead atoms. The lowest BCUT2D eigenvalue weighted by Crippen LogP contribution is -2.12. The minimum Gasteiger partial charge on any atom is -0.497 e. The molecule has 148 valence electrons. The van der Waals surface area contributed by atoms with E-state index in [2.05, 4.69) is 0 Å². The first-order valence-corrected chi connectivity index (χ1v) is 10.1. The summed E-state index contributed by atoms with van der Waals surface area (Å²) in [6, 6.07) is 9.27. The number of nitrogens with zero attached hydrogens (tertiary/aromatic N) is 1. The number of ether oxygens (including phenoxy) is 2. The van der Waals surface area contributed by atoms with Crippen molar-refractivity contribution in [1.82, 2.24) is 3.97 Å². The number of methoxy groups -OCH3 is 2. The molecule has 0 saturated heterocycles. The number of hydrogen-bond donors (Lipinski definition) is 1. The maximum Gasteiger partial charge on any atom is 0.303 e.